The van der Waals surface area contributed by atoms with Crippen molar-refractivity contribution >= 4 is 23.3 Å². The van der Waals surface area contributed by atoms with Crippen molar-refractivity contribution in [1.29, 1.82) is 5.26 Å². The number of anilines is 1. The molecule has 8 heteroatoms. The molecule has 8 nitrogen and oxygen atoms in total. The minimum Gasteiger partial charge on any atom is -0.452 e. The molecule has 0 radical (unpaired) electrons. The smallest absolute Gasteiger partial charge is 0.311 e. The Morgan fingerprint density at radius 3 is 2.58 bits per heavy atom. The van der Waals surface area contributed by atoms with Crippen LogP contribution in [0.1, 0.15) is 18.1 Å². The number of nitrogens with zero attached hydrogens (tertiary/aromatic N) is 2. The number of hydrogen-bond donors (Lipinski definition) is 1. The highest BCUT2D eigenvalue weighted by Gasteiger charge is 2.21. The predicted molar refractivity (Wildman–Crippen MR) is 92.1 cm³/mol. The van der Waals surface area contributed by atoms with Gasteiger partial charge in [-0.05, 0) is 19.1 Å². The van der Waals surface area contributed by atoms with Gasteiger partial charge >= 0.3 is 5.97 Å². The van der Waals surface area contributed by atoms with E-state index in [1.165, 1.54) is 25.1 Å². The monoisotopic (exact) mass is 353 g/mol. The Hall–Kier alpha value is -3.73. The Morgan fingerprint density at radius 1 is 1.23 bits per heavy atom. The van der Waals surface area contributed by atoms with Crippen LogP contribution in [-0.4, -0.2) is 22.9 Å². The van der Waals surface area contributed by atoms with E-state index in [0.717, 1.165) is 0 Å². The second-order valence-corrected chi connectivity index (χ2v) is 5.34. The zero-order chi connectivity index (χ0) is 19.1. The highest BCUT2D eigenvalue weighted by atomic mass is 16.6. The molecule has 1 atom stereocenters. The number of nitrogens with one attached hydrogen (secondary N) is 1. The fraction of sp³-hybridized carbons (Fsp3) is 0.167. The van der Waals surface area contributed by atoms with Crippen molar-refractivity contribution in [2.45, 2.75) is 19.4 Å². The van der Waals surface area contributed by atoms with Crippen molar-refractivity contribution in [1.82, 2.24) is 0 Å². The van der Waals surface area contributed by atoms with Gasteiger partial charge in [0, 0.05) is 11.6 Å². The van der Waals surface area contributed by atoms with Crippen LogP contribution in [0.4, 0.5) is 11.4 Å². The largest absolute Gasteiger partial charge is 0.452 e. The summed E-state index contributed by atoms with van der Waals surface area (Å²) in [6.07, 6.45) is -1.46. The first-order valence-corrected chi connectivity index (χ1v) is 7.64. The topological polar surface area (TPSA) is 122 Å². The maximum absolute atomic E-state index is 12.1. The van der Waals surface area contributed by atoms with E-state index in [0.29, 0.717) is 5.69 Å². The van der Waals surface area contributed by atoms with Gasteiger partial charge in [0.05, 0.1) is 22.6 Å². The van der Waals surface area contributed by atoms with Gasteiger partial charge in [-0.25, -0.2) is 0 Å². The van der Waals surface area contributed by atoms with Gasteiger partial charge < -0.3 is 10.1 Å². The minimum atomic E-state index is -1.13. The number of para-hydroxylation sites is 2. The molecule has 26 heavy (non-hydrogen) atoms. The molecule has 0 saturated carbocycles. The fourth-order valence-corrected chi connectivity index (χ4v) is 2.21. The Balaban J connectivity index is 2.00. The average molecular weight is 353 g/mol. The number of amides is 1. The third kappa shape index (κ3) is 4.64. The summed E-state index contributed by atoms with van der Waals surface area (Å²) in [4.78, 5) is 34.5. The summed E-state index contributed by atoms with van der Waals surface area (Å²) in [7, 11) is 0. The van der Waals surface area contributed by atoms with Gasteiger partial charge in [-0.1, -0.05) is 30.3 Å². The Labute approximate surface area is 149 Å². The van der Waals surface area contributed by atoms with Gasteiger partial charge in [-0.15, -0.1) is 0 Å². The average Bonchev–Trinajstić information content (AvgIpc) is 2.62. The van der Waals surface area contributed by atoms with Crippen molar-refractivity contribution in [2.75, 3.05) is 5.32 Å². The lowest BCUT2D eigenvalue weighted by Gasteiger charge is -2.14. The van der Waals surface area contributed by atoms with Crippen LogP contribution >= 0.6 is 0 Å². The highest BCUT2D eigenvalue weighted by Crippen LogP contribution is 2.19. The summed E-state index contributed by atoms with van der Waals surface area (Å²) in [5.74, 6) is -1.38. The number of nitriles is 1. The van der Waals surface area contributed by atoms with Gasteiger partial charge in [-0.2, -0.15) is 5.26 Å². The molecular formula is C18H15N3O5. The van der Waals surface area contributed by atoms with Gasteiger partial charge in [0.2, 0.25) is 0 Å². The summed E-state index contributed by atoms with van der Waals surface area (Å²) >= 11 is 0. The van der Waals surface area contributed by atoms with Crippen molar-refractivity contribution in [3.05, 3.63) is 69.8 Å². The van der Waals surface area contributed by atoms with Crippen LogP contribution in [0.5, 0.6) is 0 Å². The fourth-order valence-electron chi connectivity index (χ4n) is 2.21. The summed E-state index contributed by atoms with van der Waals surface area (Å²) in [5.41, 5.74) is 0.593. The Kier molecular flexibility index (Phi) is 6.01. The van der Waals surface area contributed by atoms with Crippen molar-refractivity contribution < 1.29 is 19.2 Å². The second kappa shape index (κ2) is 8.39. The predicted octanol–water partition coefficient (Wildman–Crippen LogP) is 2.58. The van der Waals surface area contributed by atoms with E-state index in [9.17, 15) is 19.7 Å². The molecular weight excluding hydrogens is 338 g/mol. The van der Waals surface area contributed by atoms with Gasteiger partial charge in [0.1, 0.15) is 6.07 Å². The van der Waals surface area contributed by atoms with Gasteiger partial charge in [0.25, 0.3) is 11.6 Å². The Bertz CT molecular complexity index is 888. The third-order valence-corrected chi connectivity index (χ3v) is 3.51. The molecule has 0 bridgehead atoms. The molecule has 0 aliphatic rings. The van der Waals surface area contributed by atoms with E-state index >= 15 is 0 Å². The van der Waals surface area contributed by atoms with Crippen LogP contribution < -0.4 is 5.32 Å². The van der Waals surface area contributed by atoms with Crippen LogP contribution in [0.15, 0.2) is 48.5 Å². The van der Waals surface area contributed by atoms with Crippen molar-refractivity contribution in [3.8, 4) is 6.07 Å². The second-order valence-electron chi connectivity index (χ2n) is 5.34. The first-order chi connectivity index (χ1) is 12.4. The zero-order valence-electron chi connectivity index (χ0n) is 13.8. The standard InChI is InChI=1S/C18H15N3O5/c1-12(18(23)20-15-8-4-2-7-14(15)11-19)26-17(22)10-13-6-3-5-9-16(13)21(24)25/h2-9,12H,10H2,1H3,(H,20,23)/t12-/m0/s1. The minimum absolute atomic E-state index is 0.190. The lowest BCUT2D eigenvalue weighted by molar-refractivity contribution is -0.385. The maximum Gasteiger partial charge on any atom is 0.311 e. The van der Waals surface area contributed by atoms with E-state index in [1.54, 1.807) is 30.3 Å². The van der Waals surface area contributed by atoms with Crippen LogP contribution in [-0.2, 0) is 20.7 Å². The number of hydrogen-bond acceptors (Lipinski definition) is 6. The number of nitro benzene ring substituents is 1. The van der Waals surface area contributed by atoms with E-state index < -0.39 is 22.9 Å². The van der Waals surface area contributed by atoms with E-state index in [1.807, 2.05) is 6.07 Å². The molecule has 0 aromatic heterocycles. The first kappa shape index (κ1) is 18.6. The normalized spacial score (nSPS) is 11.1. The quantitative estimate of drug-likeness (QED) is 0.484. The molecule has 0 aliphatic heterocycles. The molecule has 0 fully saturated rings. The van der Waals surface area contributed by atoms with E-state index in [-0.39, 0.29) is 23.2 Å². The lowest BCUT2D eigenvalue weighted by atomic mass is 10.1. The molecule has 2 rings (SSSR count). The van der Waals surface area contributed by atoms with Gasteiger partial charge in [-0.3, -0.25) is 19.7 Å². The molecule has 2 aromatic carbocycles. The number of nitro groups is 1. The highest BCUT2D eigenvalue weighted by molar-refractivity contribution is 5.96. The third-order valence-electron chi connectivity index (χ3n) is 3.51. The van der Waals surface area contributed by atoms with Gasteiger partial charge in [0.15, 0.2) is 6.10 Å². The van der Waals surface area contributed by atoms with Crippen LogP contribution in [0, 0.1) is 21.4 Å². The van der Waals surface area contributed by atoms with Crippen LogP contribution in [0.2, 0.25) is 0 Å². The molecule has 2 aromatic rings. The molecule has 0 spiro atoms. The molecule has 0 heterocycles. The molecule has 0 unspecified atom stereocenters. The molecule has 1 amide bonds. The van der Waals surface area contributed by atoms with Crippen molar-refractivity contribution in [3.63, 3.8) is 0 Å². The molecule has 132 valence electrons. The molecule has 0 saturated heterocycles. The van der Waals surface area contributed by atoms with E-state index in [2.05, 4.69) is 5.32 Å². The summed E-state index contributed by atoms with van der Waals surface area (Å²) in [6.45, 7) is 1.38. The van der Waals surface area contributed by atoms with Crippen LogP contribution in [0.25, 0.3) is 0 Å². The van der Waals surface area contributed by atoms with E-state index in [4.69, 9.17) is 10.00 Å². The molecule has 0 aliphatic carbocycles. The zero-order valence-corrected chi connectivity index (χ0v) is 13.8. The maximum atomic E-state index is 12.1. The summed E-state index contributed by atoms with van der Waals surface area (Å²) in [6, 6.07) is 14.2. The number of benzene rings is 2. The SMILES string of the molecule is C[C@H](OC(=O)Cc1ccccc1[N+](=O)[O-])C(=O)Nc1ccccc1C#N. The number of carbonyl (C=O) groups excluding carboxylic acids is 2. The number of esters is 1. The number of ether oxygens (including phenoxy) is 1. The van der Waals surface area contributed by atoms with Crippen molar-refractivity contribution in [2.24, 2.45) is 0 Å². The number of carbonyl (C=O) groups is 2. The number of rotatable bonds is 6. The summed E-state index contributed by atoms with van der Waals surface area (Å²) < 4.78 is 5.04. The summed E-state index contributed by atoms with van der Waals surface area (Å²) in [5, 5.41) is 22.5. The van der Waals surface area contributed by atoms with Crippen LogP contribution in [0.3, 0.4) is 0 Å². The first-order valence-electron chi connectivity index (χ1n) is 7.64. The molecule has 1 N–H and O–H groups in total. The lowest BCUT2D eigenvalue weighted by Crippen LogP contribution is -2.30. The Morgan fingerprint density at radius 2 is 1.88 bits per heavy atom.